The molecule has 0 bridgehead atoms. The second-order valence-corrected chi connectivity index (χ2v) is 4.18. The lowest BCUT2D eigenvalue weighted by molar-refractivity contribution is -0.254. The summed E-state index contributed by atoms with van der Waals surface area (Å²) in [5.74, 6) is -1.18. The summed E-state index contributed by atoms with van der Waals surface area (Å²) in [6.07, 6.45) is 0. The van der Waals surface area contributed by atoms with Crippen molar-refractivity contribution in [3.8, 4) is 0 Å². The van der Waals surface area contributed by atoms with Crippen molar-refractivity contribution in [3.63, 3.8) is 0 Å². The molecule has 0 saturated heterocycles. The summed E-state index contributed by atoms with van der Waals surface area (Å²) in [5.41, 5.74) is 1.51. The van der Waals surface area contributed by atoms with E-state index >= 15 is 0 Å². The number of benzene rings is 1. The van der Waals surface area contributed by atoms with Crippen LogP contribution in [0.1, 0.15) is 16.1 Å². The highest BCUT2D eigenvalue weighted by Gasteiger charge is 2.05. The molecule has 4 heteroatoms. The van der Waals surface area contributed by atoms with Crippen molar-refractivity contribution < 1.29 is 9.90 Å². The summed E-state index contributed by atoms with van der Waals surface area (Å²) >= 11 is 3.29. The second kappa shape index (κ2) is 3.62. The number of rotatable bonds is 1. The van der Waals surface area contributed by atoms with Gasteiger partial charge in [-0.25, -0.2) is 0 Å². The van der Waals surface area contributed by atoms with Gasteiger partial charge in [-0.3, -0.25) is 4.98 Å². The van der Waals surface area contributed by atoms with Crippen LogP contribution in [0.3, 0.4) is 0 Å². The van der Waals surface area contributed by atoms with E-state index in [4.69, 9.17) is 0 Å². The predicted molar refractivity (Wildman–Crippen MR) is 58.5 cm³/mol. The van der Waals surface area contributed by atoms with Crippen molar-refractivity contribution in [2.24, 2.45) is 0 Å². The summed E-state index contributed by atoms with van der Waals surface area (Å²) in [6.45, 7) is 1.76. The predicted octanol–water partition coefficient (Wildman–Crippen LogP) is 1.67. The van der Waals surface area contributed by atoms with Gasteiger partial charge in [-0.1, -0.05) is 15.9 Å². The number of nitrogens with zero attached hydrogens (tertiary/aromatic N) is 1. The molecule has 0 N–H and O–H groups in total. The lowest BCUT2D eigenvalue weighted by atomic mass is 10.1. The minimum absolute atomic E-state index is 0.179. The van der Waals surface area contributed by atoms with Crippen molar-refractivity contribution in [2.75, 3.05) is 0 Å². The number of carbonyl (C=O) groups is 1. The maximum Gasteiger partial charge on any atom is 0.0722 e. The molecule has 76 valence electrons. The van der Waals surface area contributed by atoms with Crippen molar-refractivity contribution in [1.82, 2.24) is 4.98 Å². The fraction of sp³-hybridized carbons (Fsp3) is 0.0909. The van der Waals surface area contributed by atoms with Gasteiger partial charge in [0, 0.05) is 21.1 Å². The molecule has 0 aliphatic rings. The number of halogens is 1. The first kappa shape index (κ1) is 10.1. The number of hydrogen-bond donors (Lipinski definition) is 0. The third kappa shape index (κ3) is 1.85. The van der Waals surface area contributed by atoms with Crippen LogP contribution in [0.5, 0.6) is 0 Å². The smallest absolute Gasteiger partial charge is 0.0722 e. The Balaban J connectivity index is 2.87. The van der Waals surface area contributed by atoms with Gasteiger partial charge in [0.15, 0.2) is 0 Å². The summed E-state index contributed by atoms with van der Waals surface area (Å²) in [4.78, 5) is 15.2. The fourth-order valence-corrected chi connectivity index (χ4v) is 1.86. The molecule has 0 aliphatic heterocycles. The lowest BCUT2D eigenvalue weighted by Crippen LogP contribution is -2.22. The van der Waals surface area contributed by atoms with E-state index in [0.29, 0.717) is 16.6 Å². The van der Waals surface area contributed by atoms with E-state index in [0.717, 1.165) is 4.47 Å². The van der Waals surface area contributed by atoms with Gasteiger partial charge in [-0.2, -0.15) is 0 Å². The van der Waals surface area contributed by atoms with Crippen molar-refractivity contribution >= 4 is 32.8 Å². The minimum Gasteiger partial charge on any atom is -0.545 e. The first-order chi connectivity index (χ1) is 7.08. The molecule has 0 radical (unpaired) electrons. The molecule has 0 saturated carbocycles. The molecule has 2 rings (SSSR count). The zero-order chi connectivity index (χ0) is 11.0. The van der Waals surface area contributed by atoms with Crippen molar-refractivity contribution in [1.29, 1.82) is 0 Å². The van der Waals surface area contributed by atoms with E-state index < -0.39 is 5.97 Å². The number of aryl methyl sites for hydroxylation is 1. The van der Waals surface area contributed by atoms with Crippen LogP contribution in [0, 0.1) is 6.92 Å². The fourth-order valence-electron chi connectivity index (χ4n) is 1.50. The van der Waals surface area contributed by atoms with E-state index in [-0.39, 0.29) is 5.56 Å². The standard InChI is InChI=1S/C11H8BrNO2/c1-6-4-9(11(14)15)8-5-7(12)2-3-10(8)13-6/h2-5H,1H3,(H,14,15)/p-1. The number of aromatic carboxylic acids is 1. The van der Waals surface area contributed by atoms with Crippen LogP contribution in [0.25, 0.3) is 10.9 Å². The zero-order valence-electron chi connectivity index (χ0n) is 7.95. The van der Waals surface area contributed by atoms with E-state index in [2.05, 4.69) is 20.9 Å². The Hall–Kier alpha value is -1.42. The lowest BCUT2D eigenvalue weighted by Gasteiger charge is -2.08. The molecule has 0 unspecified atom stereocenters. The number of pyridine rings is 1. The van der Waals surface area contributed by atoms with E-state index in [9.17, 15) is 9.90 Å². The third-order valence-corrected chi connectivity index (χ3v) is 2.61. The summed E-state index contributed by atoms with van der Waals surface area (Å²) < 4.78 is 0.822. The molecule has 1 aromatic heterocycles. The van der Waals surface area contributed by atoms with Gasteiger partial charge in [-0.15, -0.1) is 0 Å². The van der Waals surface area contributed by atoms with Gasteiger partial charge >= 0.3 is 0 Å². The average Bonchev–Trinajstić information content (AvgIpc) is 2.17. The van der Waals surface area contributed by atoms with Crippen LogP contribution in [0.4, 0.5) is 0 Å². The molecule has 2 aromatic rings. The minimum atomic E-state index is -1.18. The van der Waals surface area contributed by atoms with Gasteiger partial charge < -0.3 is 9.90 Å². The Morgan fingerprint density at radius 1 is 1.40 bits per heavy atom. The Morgan fingerprint density at radius 2 is 2.13 bits per heavy atom. The molecular formula is C11H7BrNO2-. The number of aromatic nitrogens is 1. The van der Waals surface area contributed by atoms with Gasteiger partial charge in [0.2, 0.25) is 0 Å². The highest BCUT2D eigenvalue weighted by molar-refractivity contribution is 9.10. The maximum atomic E-state index is 10.9. The Labute approximate surface area is 94.9 Å². The Morgan fingerprint density at radius 3 is 2.80 bits per heavy atom. The topological polar surface area (TPSA) is 53.0 Å². The number of carboxylic acids is 1. The molecule has 0 aliphatic carbocycles. The van der Waals surface area contributed by atoms with Gasteiger partial charge in [0.25, 0.3) is 0 Å². The molecule has 1 aromatic carbocycles. The monoisotopic (exact) mass is 264 g/mol. The summed E-state index contributed by atoms with van der Waals surface area (Å²) in [6, 6.07) is 6.85. The number of hydrogen-bond acceptors (Lipinski definition) is 3. The quantitative estimate of drug-likeness (QED) is 0.788. The van der Waals surface area contributed by atoms with Crippen LogP contribution >= 0.6 is 15.9 Å². The second-order valence-electron chi connectivity index (χ2n) is 3.26. The highest BCUT2D eigenvalue weighted by Crippen LogP contribution is 2.22. The van der Waals surface area contributed by atoms with Crippen molar-refractivity contribution in [3.05, 3.63) is 40.0 Å². The van der Waals surface area contributed by atoms with E-state index in [1.54, 1.807) is 19.1 Å². The van der Waals surface area contributed by atoms with Gasteiger partial charge in [-0.05, 0) is 31.2 Å². The van der Waals surface area contributed by atoms with Crippen LogP contribution in [0.2, 0.25) is 0 Å². The average molecular weight is 265 g/mol. The molecular weight excluding hydrogens is 258 g/mol. The SMILES string of the molecule is Cc1cc(C(=O)[O-])c2cc(Br)ccc2n1. The first-order valence-electron chi connectivity index (χ1n) is 4.36. The van der Waals surface area contributed by atoms with Crippen LogP contribution in [-0.2, 0) is 0 Å². The van der Waals surface area contributed by atoms with Crippen LogP contribution < -0.4 is 5.11 Å². The highest BCUT2D eigenvalue weighted by atomic mass is 79.9. The summed E-state index contributed by atoms with van der Waals surface area (Å²) in [5, 5.41) is 11.5. The van der Waals surface area contributed by atoms with Gasteiger partial charge in [0.05, 0.1) is 11.5 Å². The van der Waals surface area contributed by atoms with Gasteiger partial charge in [0.1, 0.15) is 0 Å². The number of fused-ring (bicyclic) bond motifs is 1. The third-order valence-electron chi connectivity index (χ3n) is 2.12. The largest absolute Gasteiger partial charge is 0.545 e. The van der Waals surface area contributed by atoms with Crippen LogP contribution in [-0.4, -0.2) is 11.0 Å². The first-order valence-corrected chi connectivity index (χ1v) is 5.15. The molecule has 0 atom stereocenters. The van der Waals surface area contributed by atoms with Crippen molar-refractivity contribution in [2.45, 2.75) is 6.92 Å². The summed E-state index contributed by atoms with van der Waals surface area (Å²) in [7, 11) is 0. The number of carbonyl (C=O) groups excluding carboxylic acids is 1. The Kier molecular flexibility index (Phi) is 2.44. The van der Waals surface area contributed by atoms with Crippen LogP contribution in [0.15, 0.2) is 28.7 Å². The van der Waals surface area contributed by atoms with E-state index in [1.807, 2.05) is 6.07 Å². The molecule has 3 nitrogen and oxygen atoms in total. The molecule has 0 fully saturated rings. The molecule has 0 spiro atoms. The molecule has 15 heavy (non-hydrogen) atoms. The Bertz CT molecular complexity index is 552. The molecule has 0 amide bonds. The normalized spacial score (nSPS) is 10.5. The zero-order valence-corrected chi connectivity index (χ0v) is 9.54. The maximum absolute atomic E-state index is 10.9. The number of carboxylic acid groups (broad SMARTS) is 1. The van der Waals surface area contributed by atoms with E-state index in [1.165, 1.54) is 6.07 Å². The molecule has 1 heterocycles.